The van der Waals surface area contributed by atoms with Gasteiger partial charge in [0.1, 0.15) is 41.5 Å². The number of methoxy groups -OCH3 is 1. The Balaban J connectivity index is 0.000000322. The smallest absolute Gasteiger partial charge is 0.451 e. The molecule has 0 atom stereocenters. The van der Waals surface area contributed by atoms with E-state index in [-0.39, 0.29) is 17.3 Å². The van der Waals surface area contributed by atoms with Gasteiger partial charge in [-0.1, -0.05) is 310 Å². The van der Waals surface area contributed by atoms with E-state index < -0.39 is 23.9 Å². The molecule has 0 bridgehead atoms. The molecule has 0 fully saturated rings. The Kier molecular flexibility index (Phi) is 47.3. The third-order valence-corrected chi connectivity index (χ3v) is 21.6. The molecule has 6 aromatic carbocycles. The van der Waals surface area contributed by atoms with E-state index in [1.807, 2.05) is 43.3 Å². The van der Waals surface area contributed by atoms with Gasteiger partial charge in [0.15, 0.2) is 0 Å². The number of ether oxygens (including phenoxy) is 5. The van der Waals surface area contributed by atoms with Gasteiger partial charge < -0.3 is 23.7 Å². The zero-order valence-electron chi connectivity index (χ0n) is 73.7. The van der Waals surface area contributed by atoms with Crippen LogP contribution in [-0.4, -0.2) is 55.4 Å². The summed E-state index contributed by atoms with van der Waals surface area (Å²) in [5.74, 6) is 0.211. The maximum absolute atomic E-state index is 13.7. The molecule has 0 aliphatic rings. The van der Waals surface area contributed by atoms with Crippen LogP contribution in [0.3, 0.4) is 0 Å². The van der Waals surface area contributed by atoms with Gasteiger partial charge in [-0.3, -0.25) is 0 Å². The molecular weight excluding hydrogens is 1480 g/mol. The SMILES string of the molecule is CCCCCCCCCCCCOC(=O)c1cc(Cc2cc(C#N)c(C#N)cc2C)cc(C(=O)OCCCCCCCCCCCC)c1.CCCCCCCCCCCCOc1ccc(Cc2cc(C#N)c(C#N)cc2OC)cc1.CCCCCCCCOc1ccc(C(C)(C)CC(C)(C)C)cc1Cc1nc(C(F)(F)F)nc2ccccc12. The molecule has 118 heavy (non-hydrogen) atoms. The molecule has 1 heterocycles. The average Bonchev–Trinajstić information content (AvgIpc) is 0.782. The highest BCUT2D eigenvalue weighted by Gasteiger charge is 2.36. The van der Waals surface area contributed by atoms with Crippen LogP contribution in [0.1, 0.15) is 393 Å². The quantitative estimate of drug-likeness (QED) is 0.0258. The second-order valence-electron chi connectivity index (χ2n) is 33.8. The van der Waals surface area contributed by atoms with E-state index in [0.717, 1.165) is 116 Å². The molecule has 1 aromatic heterocycles. The van der Waals surface area contributed by atoms with Gasteiger partial charge in [-0.15, -0.1) is 0 Å². The van der Waals surface area contributed by atoms with E-state index in [9.17, 15) is 43.8 Å². The van der Waals surface area contributed by atoms with E-state index in [0.29, 0.717) is 94.1 Å². The van der Waals surface area contributed by atoms with Gasteiger partial charge >= 0.3 is 18.1 Å². The predicted octanol–water partition coefficient (Wildman–Crippen LogP) is 28.5. The molecule has 13 nitrogen and oxygen atoms in total. The lowest BCUT2D eigenvalue weighted by atomic mass is 9.72. The highest BCUT2D eigenvalue weighted by molar-refractivity contribution is 5.96. The number of benzene rings is 6. The number of aromatic nitrogens is 2. The number of unbranched alkanes of at least 4 members (excludes halogenated alkanes) is 32. The zero-order chi connectivity index (χ0) is 85.8. The van der Waals surface area contributed by atoms with Gasteiger partial charge in [-0.25, -0.2) is 19.6 Å². The molecule has 0 saturated carbocycles. The van der Waals surface area contributed by atoms with Crippen molar-refractivity contribution in [3.8, 4) is 41.5 Å². The average molecular weight is 1620 g/mol. The molecule has 16 heteroatoms. The fraction of sp³-hybridized carbons (Fsp3) is 0.569. The Morgan fingerprint density at radius 3 is 1.26 bits per heavy atom. The van der Waals surface area contributed by atoms with Crippen LogP contribution in [0.2, 0.25) is 0 Å². The van der Waals surface area contributed by atoms with Crippen LogP contribution in [0.25, 0.3) is 10.9 Å². The summed E-state index contributed by atoms with van der Waals surface area (Å²) in [6, 6.07) is 41.3. The van der Waals surface area contributed by atoms with Crippen molar-refractivity contribution >= 4 is 22.8 Å². The molecule has 0 unspecified atom stereocenters. The van der Waals surface area contributed by atoms with E-state index in [4.69, 9.17) is 23.7 Å². The number of esters is 2. The van der Waals surface area contributed by atoms with E-state index in [2.05, 4.69) is 103 Å². The van der Waals surface area contributed by atoms with Crippen molar-refractivity contribution in [2.45, 2.75) is 338 Å². The third kappa shape index (κ3) is 38.2. The second kappa shape index (κ2) is 56.2. The maximum atomic E-state index is 13.7. The Bertz CT molecular complexity index is 4210. The maximum Gasteiger partial charge on any atom is 0.451 e. The molecule has 0 aliphatic carbocycles. The van der Waals surface area contributed by atoms with Crippen LogP contribution in [-0.2, 0) is 40.3 Å². The highest BCUT2D eigenvalue weighted by Crippen LogP contribution is 2.40. The first kappa shape index (κ1) is 99.3. The number of carbonyl (C=O) groups excluding carboxylic acids is 2. The van der Waals surface area contributed by atoms with Crippen LogP contribution >= 0.6 is 0 Å². The second-order valence-corrected chi connectivity index (χ2v) is 33.8. The van der Waals surface area contributed by atoms with Crippen molar-refractivity contribution < 1.29 is 46.4 Å². The number of carbonyl (C=O) groups is 2. The zero-order valence-corrected chi connectivity index (χ0v) is 73.7. The number of para-hydroxylation sites is 1. The van der Waals surface area contributed by atoms with E-state index in [1.54, 1.807) is 73.8 Å². The topological polar surface area (TPSA) is 201 Å². The molecule has 7 rings (SSSR count). The summed E-state index contributed by atoms with van der Waals surface area (Å²) in [6.45, 7) is 24.0. The number of nitrogens with zero attached hydrogens (tertiary/aromatic N) is 6. The number of rotatable bonds is 53. The van der Waals surface area contributed by atoms with Crippen LogP contribution in [0.5, 0.6) is 17.2 Å². The molecule has 0 N–H and O–H groups in total. The Hall–Kier alpha value is -9.25. The normalized spacial score (nSPS) is 11.3. The van der Waals surface area contributed by atoms with E-state index >= 15 is 0 Å². The largest absolute Gasteiger partial charge is 0.496 e. The Morgan fingerprint density at radius 2 is 0.814 bits per heavy atom. The van der Waals surface area contributed by atoms with Crippen molar-refractivity contribution in [2.75, 3.05) is 33.5 Å². The number of hydrogen-bond donors (Lipinski definition) is 0. The van der Waals surface area contributed by atoms with Crippen molar-refractivity contribution in [1.82, 2.24) is 9.97 Å². The van der Waals surface area contributed by atoms with Crippen molar-refractivity contribution in [3.63, 3.8) is 0 Å². The first-order valence-electron chi connectivity index (χ1n) is 44.7. The molecule has 0 spiro atoms. The van der Waals surface area contributed by atoms with Crippen LogP contribution in [0.15, 0.2) is 109 Å². The van der Waals surface area contributed by atoms with Crippen molar-refractivity contribution in [3.05, 3.63) is 193 Å². The summed E-state index contributed by atoms with van der Waals surface area (Å²) < 4.78 is 69.8. The first-order chi connectivity index (χ1) is 56.9. The predicted molar refractivity (Wildman–Crippen MR) is 473 cm³/mol. The first-order valence-corrected chi connectivity index (χ1v) is 44.7. The molecule has 0 aliphatic heterocycles. The van der Waals surface area contributed by atoms with Crippen molar-refractivity contribution in [2.24, 2.45) is 5.41 Å². The third-order valence-electron chi connectivity index (χ3n) is 21.6. The Morgan fingerprint density at radius 1 is 0.407 bits per heavy atom. The van der Waals surface area contributed by atoms with Crippen LogP contribution in [0, 0.1) is 57.7 Å². The summed E-state index contributed by atoms with van der Waals surface area (Å²) in [6.07, 6.45) is 41.8. The summed E-state index contributed by atoms with van der Waals surface area (Å²) in [4.78, 5) is 34.1. The summed E-state index contributed by atoms with van der Waals surface area (Å²) in [5, 5.41) is 38.0. The molecule has 7 aromatic rings. The summed E-state index contributed by atoms with van der Waals surface area (Å²) >= 11 is 0. The summed E-state index contributed by atoms with van der Waals surface area (Å²) in [7, 11) is 1.58. The number of fused-ring (bicyclic) bond motifs is 1. The van der Waals surface area contributed by atoms with Gasteiger partial charge in [-0.05, 0) is 156 Å². The number of alkyl halides is 3. The van der Waals surface area contributed by atoms with Gasteiger partial charge in [0.05, 0.1) is 78.1 Å². The minimum Gasteiger partial charge on any atom is -0.496 e. The number of hydrogen-bond acceptors (Lipinski definition) is 13. The molecule has 0 saturated heterocycles. The molecular formula is C102H139F3N6O7. The highest BCUT2D eigenvalue weighted by atomic mass is 19.4. The van der Waals surface area contributed by atoms with Crippen molar-refractivity contribution in [1.29, 1.82) is 21.0 Å². The van der Waals surface area contributed by atoms with Gasteiger partial charge in [-0.2, -0.15) is 34.2 Å². The standard InChI is InChI=1S/C42H60N2O4.C32H43F3N2O.C28H36N2O2/c1-4-6-8-10-12-14-16-18-20-22-24-47-41(45)37-28-35(27-36-30-40(33-44)39(32-43)26-34(36)3)29-38(31-37)42(46)48-25-23-21-19-17-15-13-11-9-7-5-2;1-7-8-9-10-11-14-19-38-28-18-17-24(31(5,6)22-30(2,3)4)20-23(28)21-27-25-15-12-13-16-26(25)36-29(37-27)32(33,34)35;1-3-4-5-6-7-8-9-10-11-12-17-32-27-15-13-23(14-16-27)18-24-19-25(21-29)26(22-30)20-28(24)31-2/h26,28-31H,4-25,27H2,1-3H3;12-13,15-18,20H,7-11,14,19,21-22H2,1-6H3;13-16,19-20H,3-12,17-18H2,1-2H3. The molecule has 0 radical (unpaired) electrons. The number of halogens is 3. The van der Waals surface area contributed by atoms with Gasteiger partial charge in [0, 0.05) is 23.8 Å². The van der Waals surface area contributed by atoms with E-state index in [1.165, 1.54) is 173 Å². The lowest BCUT2D eigenvalue weighted by molar-refractivity contribution is -0.144. The fourth-order valence-corrected chi connectivity index (χ4v) is 15.3. The lowest BCUT2D eigenvalue weighted by Crippen LogP contribution is -2.25. The molecule has 640 valence electrons. The monoisotopic (exact) mass is 1620 g/mol. The van der Waals surface area contributed by atoms with Gasteiger partial charge in [0.25, 0.3) is 0 Å². The Labute approximate surface area is 707 Å². The minimum atomic E-state index is -4.62. The minimum absolute atomic E-state index is 0.115. The van der Waals surface area contributed by atoms with Gasteiger partial charge in [0.2, 0.25) is 5.82 Å². The lowest BCUT2D eigenvalue weighted by Gasteiger charge is -2.33. The summed E-state index contributed by atoms with van der Waals surface area (Å²) in [5.41, 5.74) is 9.10. The number of nitriles is 4. The van der Waals surface area contributed by atoms with Crippen LogP contribution < -0.4 is 14.2 Å². The fourth-order valence-electron chi connectivity index (χ4n) is 15.3. The number of aryl methyl sites for hydroxylation is 1. The molecule has 0 amide bonds. The van der Waals surface area contributed by atoms with Crippen LogP contribution in [0.4, 0.5) is 13.2 Å².